The van der Waals surface area contributed by atoms with E-state index in [1.54, 1.807) is 7.11 Å². The molecule has 0 spiro atoms. The summed E-state index contributed by atoms with van der Waals surface area (Å²) in [7, 11) is 1.60. The number of benzene rings is 2. The van der Waals surface area contributed by atoms with Crippen LogP contribution in [0.5, 0.6) is 5.75 Å². The number of carboxylic acid groups (broad SMARTS) is 1. The van der Waals surface area contributed by atoms with Crippen molar-refractivity contribution < 1.29 is 14.6 Å². The van der Waals surface area contributed by atoms with Crippen LogP contribution < -0.4 is 4.74 Å². The first-order chi connectivity index (χ1) is 8.19. The Labute approximate surface area is 99.6 Å². The fraction of sp³-hybridized carbons (Fsp3) is 0.214. The third kappa shape index (κ3) is 1.84. The number of carbonyl (C=O) groups is 1. The molecule has 0 radical (unpaired) electrons. The zero-order chi connectivity index (χ0) is 12.4. The van der Waals surface area contributed by atoms with Gasteiger partial charge >= 0.3 is 5.97 Å². The van der Waals surface area contributed by atoms with Gasteiger partial charge in [0.1, 0.15) is 5.75 Å². The molecule has 0 unspecified atom stereocenters. The van der Waals surface area contributed by atoms with Crippen LogP contribution in [0.25, 0.3) is 10.8 Å². The maximum Gasteiger partial charge on any atom is 0.336 e. The van der Waals surface area contributed by atoms with Gasteiger partial charge in [0.15, 0.2) is 0 Å². The van der Waals surface area contributed by atoms with Gasteiger partial charge in [0, 0.05) is 10.8 Å². The molecule has 0 amide bonds. The average Bonchev–Trinajstić information content (AvgIpc) is 2.36. The van der Waals surface area contributed by atoms with E-state index in [1.807, 2.05) is 37.3 Å². The van der Waals surface area contributed by atoms with Gasteiger partial charge in [-0.05, 0) is 18.1 Å². The van der Waals surface area contributed by atoms with Crippen molar-refractivity contribution in [2.75, 3.05) is 7.11 Å². The minimum absolute atomic E-state index is 0.379. The summed E-state index contributed by atoms with van der Waals surface area (Å²) in [6, 6.07) is 9.22. The van der Waals surface area contributed by atoms with Crippen molar-refractivity contribution in [1.82, 2.24) is 0 Å². The summed E-state index contributed by atoms with van der Waals surface area (Å²) in [4.78, 5) is 11.4. The molecule has 3 heteroatoms. The van der Waals surface area contributed by atoms with Crippen molar-refractivity contribution in [3.05, 3.63) is 41.5 Å². The molecule has 2 aromatic carbocycles. The van der Waals surface area contributed by atoms with Crippen LogP contribution >= 0.6 is 0 Å². The summed E-state index contributed by atoms with van der Waals surface area (Å²) in [6.45, 7) is 1.94. The Kier molecular flexibility index (Phi) is 3.00. The summed E-state index contributed by atoms with van der Waals surface area (Å²) in [5, 5.41) is 10.9. The lowest BCUT2D eigenvalue weighted by atomic mass is 9.96. The molecule has 17 heavy (non-hydrogen) atoms. The fourth-order valence-electron chi connectivity index (χ4n) is 2.10. The first-order valence-corrected chi connectivity index (χ1v) is 5.51. The molecule has 0 aliphatic rings. The highest BCUT2D eigenvalue weighted by Gasteiger charge is 2.16. The van der Waals surface area contributed by atoms with Crippen LogP contribution in [0, 0.1) is 0 Å². The number of aryl methyl sites for hydroxylation is 1. The van der Waals surface area contributed by atoms with Gasteiger partial charge in [-0.25, -0.2) is 4.79 Å². The fourth-order valence-corrected chi connectivity index (χ4v) is 2.10. The van der Waals surface area contributed by atoms with Crippen LogP contribution in [0.4, 0.5) is 0 Å². The van der Waals surface area contributed by atoms with Crippen LogP contribution in [0.1, 0.15) is 22.8 Å². The zero-order valence-electron chi connectivity index (χ0n) is 9.86. The number of rotatable bonds is 3. The monoisotopic (exact) mass is 230 g/mol. The van der Waals surface area contributed by atoms with E-state index >= 15 is 0 Å². The second-order valence-electron chi connectivity index (χ2n) is 3.82. The van der Waals surface area contributed by atoms with Crippen LogP contribution in [0.2, 0.25) is 0 Å². The molecule has 0 aliphatic carbocycles. The van der Waals surface area contributed by atoms with Gasteiger partial charge in [0.05, 0.1) is 12.7 Å². The van der Waals surface area contributed by atoms with E-state index in [0.29, 0.717) is 12.0 Å². The molecule has 0 saturated carbocycles. The van der Waals surface area contributed by atoms with Crippen molar-refractivity contribution in [2.24, 2.45) is 0 Å². The summed E-state index contributed by atoms with van der Waals surface area (Å²) in [5.41, 5.74) is 1.18. The first kappa shape index (κ1) is 11.5. The number of hydrogen-bond donors (Lipinski definition) is 1. The Balaban J connectivity index is 2.90. The molecule has 1 N–H and O–H groups in total. The van der Waals surface area contributed by atoms with E-state index in [9.17, 15) is 9.90 Å². The molecular weight excluding hydrogens is 216 g/mol. The van der Waals surface area contributed by atoms with E-state index in [0.717, 1.165) is 22.1 Å². The SMILES string of the molecule is CCc1cc(OC)c2ccccc2c1C(=O)O. The minimum atomic E-state index is -0.888. The lowest BCUT2D eigenvalue weighted by Crippen LogP contribution is -2.04. The molecule has 88 valence electrons. The molecule has 2 rings (SSSR count). The summed E-state index contributed by atoms with van der Waals surface area (Å²) in [5.74, 6) is -0.164. The second-order valence-corrected chi connectivity index (χ2v) is 3.82. The summed E-state index contributed by atoms with van der Waals surface area (Å²) < 4.78 is 5.31. The lowest BCUT2D eigenvalue weighted by Gasteiger charge is -2.12. The number of carboxylic acids is 1. The number of methoxy groups -OCH3 is 1. The zero-order valence-corrected chi connectivity index (χ0v) is 9.86. The number of aromatic carboxylic acids is 1. The highest BCUT2D eigenvalue weighted by molar-refractivity contribution is 6.07. The molecule has 0 aliphatic heterocycles. The average molecular weight is 230 g/mol. The van der Waals surface area contributed by atoms with Gasteiger partial charge in [0.25, 0.3) is 0 Å². The van der Waals surface area contributed by atoms with Gasteiger partial charge in [-0.2, -0.15) is 0 Å². The van der Waals surface area contributed by atoms with Crippen molar-refractivity contribution >= 4 is 16.7 Å². The number of ether oxygens (including phenoxy) is 1. The van der Waals surface area contributed by atoms with Crippen LogP contribution in [0.3, 0.4) is 0 Å². The highest BCUT2D eigenvalue weighted by Crippen LogP contribution is 2.31. The smallest absolute Gasteiger partial charge is 0.336 e. The van der Waals surface area contributed by atoms with Crippen molar-refractivity contribution in [3.63, 3.8) is 0 Å². The van der Waals surface area contributed by atoms with E-state index in [1.165, 1.54) is 0 Å². The van der Waals surface area contributed by atoms with Crippen LogP contribution in [0.15, 0.2) is 30.3 Å². The largest absolute Gasteiger partial charge is 0.496 e. The Morgan fingerprint density at radius 2 is 1.94 bits per heavy atom. The van der Waals surface area contributed by atoms with Crippen LogP contribution in [-0.2, 0) is 6.42 Å². The maximum absolute atomic E-state index is 11.4. The van der Waals surface area contributed by atoms with E-state index in [4.69, 9.17) is 4.74 Å². The second kappa shape index (κ2) is 4.45. The third-order valence-electron chi connectivity index (χ3n) is 2.90. The van der Waals surface area contributed by atoms with Crippen molar-refractivity contribution in [3.8, 4) is 5.75 Å². The third-order valence-corrected chi connectivity index (χ3v) is 2.90. The van der Waals surface area contributed by atoms with Gasteiger partial charge < -0.3 is 9.84 Å². The van der Waals surface area contributed by atoms with E-state index < -0.39 is 5.97 Å². The van der Waals surface area contributed by atoms with E-state index in [-0.39, 0.29) is 0 Å². The summed E-state index contributed by atoms with van der Waals surface area (Å²) in [6.07, 6.45) is 0.669. The molecule has 0 aromatic heterocycles. The molecule has 2 aromatic rings. The molecule has 0 heterocycles. The first-order valence-electron chi connectivity index (χ1n) is 5.51. The van der Waals surface area contributed by atoms with Crippen molar-refractivity contribution in [1.29, 1.82) is 0 Å². The molecule has 0 atom stereocenters. The quantitative estimate of drug-likeness (QED) is 0.881. The predicted octanol–water partition coefficient (Wildman–Crippen LogP) is 3.11. The van der Waals surface area contributed by atoms with E-state index in [2.05, 4.69) is 0 Å². The highest BCUT2D eigenvalue weighted by atomic mass is 16.5. The Morgan fingerprint density at radius 1 is 1.29 bits per heavy atom. The van der Waals surface area contributed by atoms with Gasteiger partial charge in [-0.15, -0.1) is 0 Å². The standard InChI is InChI=1S/C14H14O3/c1-3-9-8-12(17-2)10-6-4-5-7-11(10)13(9)14(15)16/h4-8H,3H2,1-2H3,(H,15,16). The predicted molar refractivity (Wildman–Crippen MR) is 66.8 cm³/mol. The number of hydrogen-bond acceptors (Lipinski definition) is 2. The van der Waals surface area contributed by atoms with Crippen molar-refractivity contribution in [2.45, 2.75) is 13.3 Å². The maximum atomic E-state index is 11.4. The molecule has 0 bridgehead atoms. The molecule has 0 saturated heterocycles. The van der Waals surface area contributed by atoms with Crippen LogP contribution in [-0.4, -0.2) is 18.2 Å². The molecule has 3 nitrogen and oxygen atoms in total. The minimum Gasteiger partial charge on any atom is -0.496 e. The van der Waals surface area contributed by atoms with Gasteiger partial charge in [-0.3, -0.25) is 0 Å². The Morgan fingerprint density at radius 3 is 2.47 bits per heavy atom. The van der Waals surface area contributed by atoms with Gasteiger partial charge in [0.2, 0.25) is 0 Å². The normalized spacial score (nSPS) is 10.5. The summed E-state index contributed by atoms with van der Waals surface area (Å²) >= 11 is 0. The van der Waals surface area contributed by atoms with Gasteiger partial charge in [-0.1, -0.05) is 31.2 Å². The Bertz CT molecular complexity index is 573. The number of fused-ring (bicyclic) bond motifs is 1. The topological polar surface area (TPSA) is 46.5 Å². The lowest BCUT2D eigenvalue weighted by molar-refractivity contribution is 0.0698. The Hall–Kier alpha value is -2.03. The molecular formula is C14H14O3. The molecule has 0 fully saturated rings.